The average molecular weight is 237 g/mol. The van der Waals surface area contributed by atoms with Crippen LogP contribution in [0.2, 0.25) is 0 Å². The molecule has 0 aromatic carbocycles. The minimum absolute atomic E-state index is 0.0693. The maximum Gasteiger partial charge on any atom is 0.248 e. The Morgan fingerprint density at radius 1 is 1.41 bits per heavy atom. The highest BCUT2D eigenvalue weighted by Crippen LogP contribution is 2.03. The van der Waals surface area contributed by atoms with Crippen LogP contribution in [0.15, 0.2) is 10.7 Å². The molecule has 0 aliphatic heterocycles. The summed E-state index contributed by atoms with van der Waals surface area (Å²) in [5.74, 6) is 1.24. The molecule has 2 aromatic rings. The van der Waals surface area contributed by atoms with Crippen LogP contribution in [0.3, 0.4) is 0 Å². The first kappa shape index (κ1) is 11.7. The van der Waals surface area contributed by atoms with E-state index in [0.29, 0.717) is 18.9 Å². The predicted octanol–water partition coefficient (Wildman–Crippen LogP) is 0.197. The van der Waals surface area contributed by atoms with Gasteiger partial charge in [-0.1, -0.05) is 17.3 Å². The van der Waals surface area contributed by atoms with Crippen molar-refractivity contribution < 1.29 is 9.63 Å². The zero-order chi connectivity index (χ0) is 12.1. The van der Waals surface area contributed by atoms with Crippen LogP contribution >= 0.6 is 0 Å². The van der Waals surface area contributed by atoms with Gasteiger partial charge in [0.2, 0.25) is 5.89 Å². The van der Waals surface area contributed by atoms with Gasteiger partial charge in [-0.2, -0.15) is 4.98 Å². The zero-order valence-electron chi connectivity index (χ0n) is 9.70. The van der Waals surface area contributed by atoms with Gasteiger partial charge in [0, 0.05) is 25.6 Å². The van der Waals surface area contributed by atoms with Crippen molar-refractivity contribution in [2.45, 2.75) is 32.7 Å². The molecular formula is C10H15N5O2. The van der Waals surface area contributed by atoms with Crippen molar-refractivity contribution in [3.63, 3.8) is 0 Å². The van der Waals surface area contributed by atoms with Gasteiger partial charge in [0.25, 0.3) is 0 Å². The molecule has 17 heavy (non-hydrogen) atoms. The minimum Gasteiger partial charge on any atom is -0.396 e. The topological polar surface area (TPSA) is 89.9 Å². The van der Waals surface area contributed by atoms with Crippen molar-refractivity contribution in [1.82, 2.24) is 25.1 Å². The van der Waals surface area contributed by atoms with Crippen LogP contribution in [0.1, 0.15) is 30.8 Å². The lowest BCUT2D eigenvalue weighted by molar-refractivity contribution is 0.298. The van der Waals surface area contributed by atoms with Crippen molar-refractivity contribution in [3.05, 3.63) is 23.6 Å². The molecule has 7 nitrogen and oxygen atoms in total. The van der Waals surface area contributed by atoms with Gasteiger partial charge < -0.3 is 9.63 Å². The normalized spacial score (nSPS) is 10.9. The van der Waals surface area contributed by atoms with Crippen LogP contribution in [0.4, 0.5) is 0 Å². The van der Waals surface area contributed by atoms with Gasteiger partial charge >= 0.3 is 0 Å². The molecule has 0 spiro atoms. The summed E-state index contributed by atoms with van der Waals surface area (Å²) < 4.78 is 6.71. The summed E-state index contributed by atoms with van der Waals surface area (Å²) >= 11 is 0. The molecule has 0 atom stereocenters. The number of aliphatic hydroxyl groups is 1. The lowest BCUT2D eigenvalue weighted by atomic mass is 10.3. The first-order valence-corrected chi connectivity index (χ1v) is 5.63. The number of nitrogens with zero attached hydrogens (tertiary/aromatic N) is 5. The molecular weight excluding hydrogens is 222 g/mol. The number of hydrogen-bond acceptors (Lipinski definition) is 6. The van der Waals surface area contributed by atoms with Crippen LogP contribution in [-0.4, -0.2) is 36.8 Å². The van der Waals surface area contributed by atoms with E-state index >= 15 is 0 Å². The van der Waals surface area contributed by atoms with Crippen molar-refractivity contribution in [2.75, 3.05) is 6.61 Å². The molecule has 0 saturated carbocycles. The Labute approximate surface area is 98.5 Å². The molecule has 0 fully saturated rings. The van der Waals surface area contributed by atoms with E-state index in [1.807, 2.05) is 0 Å². The summed E-state index contributed by atoms with van der Waals surface area (Å²) in [6.07, 6.45) is 4.07. The third kappa shape index (κ3) is 3.10. The minimum atomic E-state index is 0.0693. The zero-order valence-corrected chi connectivity index (χ0v) is 9.70. The van der Waals surface area contributed by atoms with Gasteiger partial charge in [-0.3, -0.25) is 0 Å². The van der Waals surface area contributed by atoms with Gasteiger partial charge in [0.1, 0.15) is 6.54 Å². The molecule has 0 aliphatic rings. The molecule has 0 unspecified atom stereocenters. The molecule has 0 bridgehead atoms. The summed E-state index contributed by atoms with van der Waals surface area (Å²) in [6, 6.07) is 0. The fraction of sp³-hybridized carbons (Fsp3) is 0.600. The lowest BCUT2D eigenvalue weighted by Crippen LogP contribution is -2.01. The molecule has 0 aliphatic carbocycles. The second-order valence-corrected chi connectivity index (χ2v) is 3.74. The first-order valence-electron chi connectivity index (χ1n) is 5.63. The highest BCUT2D eigenvalue weighted by atomic mass is 16.5. The summed E-state index contributed by atoms with van der Waals surface area (Å²) in [4.78, 5) is 4.23. The van der Waals surface area contributed by atoms with Crippen molar-refractivity contribution in [3.8, 4) is 0 Å². The van der Waals surface area contributed by atoms with E-state index < -0.39 is 0 Å². The summed E-state index contributed by atoms with van der Waals surface area (Å²) in [5, 5.41) is 20.4. The molecule has 0 radical (unpaired) electrons. The Morgan fingerprint density at radius 3 is 3.06 bits per heavy atom. The van der Waals surface area contributed by atoms with Crippen LogP contribution < -0.4 is 0 Å². The fourth-order valence-electron chi connectivity index (χ4n) is 1.46. The number of aliphatic hydroxyl groups excluding tert-OH is 1. The maximum absolute atomic E-state index is 8.76. The van der Waals surface area contributed by atoms with E-state index in [2.05, 4.69) is 27.4 Å². The van der Waals surface area contributed by atoms with Crippen molar-refractivity contribution in [2.24, 2.45) is 0 Å². The standard InChI is InChI=1S/C10H15N5O2/c1-2-3-9-11-10(17-13-9)7-15-6-8(4-5-16)12-14-15/h6,16H,2-5,7H2,1H3. The van der Waals surface area contributed by atoms with Crippen LogP contribution in [0.25, 0.3) is 0 Å². The van der Waals surface area contributed by atoms with Crippen LogP contribution in [0, 0.1) is 0 Å². The molecule has 0 amide bonds. The molecule has 7 heteroatoms. The number of rotatable bonds is 6. The van der Waals surface area contributed by atoms with Gasteiger partial charge in [-0.05, 0) is 6.42 Å². The second kappa shape index (κ2) is 5.53. The van der Waals surface area contributed by atoms with Crippen molar-refractivity contribution >= 4 is 0 Å². The van der Waals surface area contributed by atoms with Crippen LogP contribution in [0.5, 0.6) is 0 Å². The molecule has 1 N–H and O–H groups in total. The smallest absolute Gasteiger partial charge is 0.248 e. The van der Waals surface area contributed by atoms with E-state index in [0.717, 1.165) is 24.4 Å². The summed E-state index contributed by atoms with van der Waals surface area (Å²) in [6.45, 7) is 2.55. The molecule has 92 valence electrons. The Bertz CT molecular complexity index is 422. The third-order valence-corrected chi connectivity index (χ3v) is 2.24. The second-order valence-electron chi connectivity index (χ2n) is 3.74. The number of hydrogen-bond donors (Lipinski definition) is 1. The van der Waals surface area contributed by atoms with Crippen LogP contribution in [-0.2, 0) is 19.4 Å². The monoisotopic (exact) mass is 237 g/mol. The highest BCUT2D eigenvalue weighted by molar-refractivity contribution is 4.94. The molecule has 2 rings (SSSR count). The Kier molecular flexibility index (Phi) is 3.81. The quantitative estimate of drug-likeness (QED) is 0.771. The largest absolute Gasteiger partial charge is 0.396 e. The van der Waals surface area contributed by atoms with Gasteiger partial charge in [-0.15, -0.1) is 5.10 Å². The Morgan fingerprint density at radius 2 is 2.29 bits per heavy atom. The number of aromatic nitrogens is 5. The number of aryl methyl sites for hydroxylation is 1. The molecule has 2 aromatic heterocycles. The Hall–Kier alpha value is -1.76. The fourth-order valence-corrected chi connectivity index (χ4v) is 1.46. The summed E-state index contributed by atoms with van der Waals surface area (Å²) in [5.41, 5.74) is 0.751. The predicted molar refractivity (Wildman–Crippen MR) is 58.2 cm³/mol. The Balaban J connectivity index is 1.98. The van der Waals surface area contributed by atoms with E-state index in [9.17, 15) is 0 Å². The van der Waals surface area contributed by atoms with Gasteiger partial charge in [-0.25, -0.2) is 4.68 Å². The van der Waals surface area contributed by atoms with E-state index in [4.69, 9.17) is 9.63 Å². The third-order valence-electron chi connectivity index (χ3n) is 2.24. The average Bonchev–Trinajstić information content (AvgIpc) is 2.91. The molecule has 2 heterocycles. The van der Waals surface area contributed by atoms with E-state index in [1.165, 1.54) is 0 Å². The highest BCUT2D eigenvalue weighted by Gasteiger charge is 2.07. The summed E-state index contributed by atoms with van der Waals surface area (Å²) in [7, 11) is 0. The maximum atomic E-state index is 8.76. The SMILES string of the molecule is CCCc1noc(Cn2cc(CCO)nn2)n1. The first-order chi connectivity index (χ1) is 8.31. The van der Waals surface area contributed by atoms with Gasteiger partial charge in [0.15, 0.2) is 5.82 Å². The van der Waals surface area contributed by atoms with Gasteiger partial charge in [0.05, 0.1) is 5.69 Å². The van der Waals surface area contributed by atoms with E-state index in [1.54, 1.807) is 10.9 Å². The lowest BCUT2D eigenvalue weighted by Gasteiger charge is -1.92. The van der Waals surface area contributed by atoms with E-state index in [-0.39, 0.29) is 6.61 Å². The van der Waals surface area contributed by atoms with Crippen molar-refractivity contribution in [1.29, 1.82) is 0 Å². The molecule has 0 saturated heterocycles.